The van der Waals surface area contributed by atoms with E-state index in [-0.39, 0.29) is 5.41 Å². The number of aromatic nitrogens is 2. The van der Waals surface area contributed by atoms with Gasteiger partial charge in [0, 0.05) is 17.8 Å². The smallest absolute Gasteiger partial charge is 0.0792 e. The Hall–Kier alpha value is -1.39. The van der Waals surface area contributed by atoms with Crippen LogP contribution in [0.5, 0.6) is 0 Å². The molecule has 4 heteroatoms. The second-order valence-corrected chi connectivity index (χ2v) is 4.58. The van der Waals surface area contributed by atoms with Crippen LogP contribution in [-0.2, 0) is 17.3 Å². The van der Waals surface area contributed by atoms with E-state index in [0.717, 1.165) is 18.5 Å². The number of hydrogen-bond donors (Lipinski definition) is 1. The lowest BCUT2D eigenvalue weighted by Crippen LogP contribution is -2.19. The van der Waals surface area contributed by atoms with Gasteiger partial charge in [0.15, 0.2) is 0 Å². The van der Waals surface area contributed by atoms with Crippen molar-refractivity contribution < 1.29 is 4.84 Å². The number of nitrogens with zero attached hydrogens (tertiary/aromatic N) is 2. The molecule has 1 aliphatic carbocycles. The first-order valence-corrected chi connectivity index (χ1v) is 5.51. The zero-order valence-electron chi connectivity index (χ0n) is 9.31. The second-order valence-electron chi connectivity index (χ2n) is 4.58. The fraction of sp³-hybridized carbons (Fsp3) is 0.417. The summed E-state index contributed by atoms with van der Waals surface area (Å²) in [5.41, 5.74) is 2.37. The summed E-state index contributed by atoms with van der Waals surface area (Å²) in [5.74, 6) is 5.21. The van der Waals surface area contributed by atoms with Gasteiger partial charge in [0.25, 0.3) is 0 Å². The van der Waals surface area contributed by atoms with E-state index in [1.807, 2.05) is 23.9 Å². The Balaban J connectivity index is 2.17. The van der Waals surface area contributed by atoms with Gasteiger partial charge in [0.1, 0.15) is 0 Å². The largest absolute Gasteiger partial charge is 0.304 e. The van der Waals surface area contributed by atoms with Crippen LogP contribution in [0.4, 0.5) is 0 Å². The van der Waals surface area contributed by atoms with Gasteiger partial charge in [-0.15, -0.1) is 0 Å². The number of hydrogen-bond acceptors (Lipinski definition) is 3. The summed E-state index contributed by atoms with van der Waals surface area (Å²) in [6.45, 7) is 0.563. The minimum Gasteiger partial charge on any atom is -0.304 e. The van der Waals surface area contributed by atoms with Gasteiger partial charge in [0.2, 0.25) is 0 Å². The van der Waals surface area contributed by atoms with E-state index >= 15 is 0 Å². The van der Waals surface area contributed by atoms with Gasteiger partial charge in [-0.1, -0.05) is 18.2 Å². The Labute approximate surface area is 93.9 Å². The van der Waals surface area contributed by atoms with Crippen LogP contribution < -0.4 is 5.90 Å². The van der Waals surface area contributed by atoms with Gasteiger partial charge in [-0.3, -0.25) is 4.68 Å². The van der Waals surface area contributed by atoms with Gasteiger partial charge in [-0.25, -0.2) is 5.90 Å². The molecule has 1 heterocycles. The molecule has 0 atom stereocenters. The van der Waals surface area contributed by atoms with E-state index in [4.69, 9.17) is 10.7 Å². The first-order valence-electron chi connectivity index (χ1n) is 5.51. The lowest BCUT2D eigenvalue weighted by Gasteiger charge is -2.10. The summed E-state index contributed by atoms with van der Waals surface area (Å²) >= 11 is 0. The van der Waals surface area contributed by atoms with E-state index in [9.17, 15) is 0 Å². The third-order valence-corrected chi connectivity index (χ3v) is 3.47. The molecule has 0 unspecified atom stereocenters. The molecular weight excluding hydrogens is 202 g/mol. The molecule has 84 valence electrons. The third-order valence-electron chi connectivity index (χ3n) is 3.47. The lowest BCUT2D eigenvalue weighted by molar-refractivity contribution is 0.115. The molecule has 3 rings (SSSR count). The molecule has 16 heavy (non-hydrogen) atoms. The number of rotatable bonds is 3. The highest BCUT2D eigenvalue weighted by Gasteiger charge is 2.47. The molecule has 1 aliphatic rings. The Morgan fingerprint density at radius 3 is 2.88 bits per heavy atom. The van der Waals surface area contributed by atoms with Crippen LogP contribution in [0.15, 0.2) is 24.3 Å². The molecule has 2 N–H and O–H groups in total. The first-order chi connectivity index (χ1) is 7.77. The number of para-hydroxylation sites is 1. The minimum atomic E-state index is 0.0651. The van der Waals surface area contributed by atoms with Crippen molar-refractivity contribution in [3.05, 3.63) is 30.0 Å². The quantitative estimate of drug-likeness (QED) is 0.792. The monoisotopic (exact) mass is 217 g/mol. The van der Waals surface area contributed by atoms with Crippen molar-refractivity contribution in [1.29, 1.82) is 0 Å². The molecule has 1 aromatic heterocycles. The lowest BCUT2D eigenvalue weighted by atomic mass is 10.0. The maximum absolute atomic E-state index is 5.21. The molecule has 0 amide bonds. The van der Waals surface area contributed by atoms with E-state index in [1.165, 1.54) is 10.9 Å². The average Bonchev–Trinajstić information content (AvgIpc) is 2.99. The summed E-state index contributed by atoms with van der Waals surface area (Å²) in [6.07, 6.45) is 2.23. The molecule has 0 radical (unpaired) electrons. The van der Waals surface area contributed by atoms with Crippen molar-refractivity contribution in [3.8, 4) is 0 Å². The normalized spacial score (nSPS) is 17.9. The van der Waals surface area contributed by atoms with Crippen molar-refractivity contribution in [2.24, 2.45) is 12.9 Å². The van der Waals surface area contributed by atoms with Crippen LogP contribution in [0.2, 0.25) is 0 Å². The van der Waals surface area contributed by atoms with E-state index < -0.39 is 0 Å². The number of benzene rings is 1. The average molecular weight is 217 g/mol. The molecule has 4 nitrogen and oxygen atoms in total. The molecule has 1 aromatic carbocycles. The Kier molecular flexibility index (Phi) is 2.02. The predicted octanol–water partition coefficient (Wildman–Crippen LogP) is 1.50. The van der Waals surface area contributed by atoms with Crippen molar-refractivity contribution in [2.45, 2.75) is 18.3 Å². The summed E-state index contributed by atoms with van der Waals surface area (Å²) < 4.78 is 1.93. The third kappa shape index (κ3) is 1.27. The van der Waals surface area contributed by atoms with Crippen molar-refractivity contribution >= 4 is 10.9 Å². The topological polar surface area (TPSA) is 53.1 Å². The van der Waals surface area contributed by atoms with Crippen LogP contribution in [-0.4, -0.2) is 16.4 Å². The fourth-order valence-electron chi connectivity index (χ4n) is 2.37. The molecule has 0 saturated heterocycles. The molecule has 0 spiro atoms. The summed E-state index contributed by atoms with van der Waals surface area (Å²) in [5, 5.41) is 5.85. The standard InChI is InChI=1S/C12H15N3O/c1-15-10-5-3-2-4-9(10)11(14-15)12(6-7-12)8-16-13/h2-5H,6-8,13H2,1H3. The maximum Gasteiger partial charge on any atom is 0.0792 e. The predicted molar refractivity (Wildman–Crippen MR) is 61.8 cm³/mol. The molecule has 0 aliphatic heterocycles. The van der Waals surface area contributed by atoms with Gasteiger partial charge in [-0.2, -0.15) is 5.10 Å². The van der Waals surface area contributed by atoms with E-state index in [2.05, 4.69) is 17.2 Å². The van der Waals surface area contributed by atoms with Crippen LogP contribution in [0.1, 0.15) is 18.5 Å². The molecule has 1 saturated carbocycles. The summed E-state index contributed by atoms with van der Waals surface area (Å²) in [7, 11) is 1.98. The SMILES string of the molecule is Cn1nc(C2(CON)CC2)c2ccccc21. The number of aryl methyl sites for hydroxylation is 1. The second kappa shape index (κ2) is 3.30. The molecular formula is C12H15N3O. The Morgan fingerprint density at radius 2 is 2.19 bits per heavy atom. The Bertz CT molecular complexity index is 528. The van der Waals surface area contributed by atoms with Gasteiger partial charge < -0.3 is 4.84 Å². The molecule has 0 bridgehead atoms. The van der Waals surface area contributed by atoms with Crippen LogP contribution >= 0.6 is 0 Å². The zero-order chi connectivity index (χ0) is 11.2. The van der Waals surface area contributed by atoms with E-state index in [0.29, 0.717) is 6.61 Å². The highest BCUT2D eigenvalue weighted by molar-refractivity contribution is 5.83. The van der Waals surface area contributed by atoms with Gasteiger partial charge in [-0.05, 0) is 18.9 Å². The first kappa shape index (κ1) is 9.81. The van der Waals surface area contributed by atoms with Crippen molar-refractivity contribution in [2.75, 3.05) is 6.61 Å². The van der Waals surface area contributed by atoms with Crippen LogP contribution in [0.3, 0.4) is 0 Å². The van der Waals surface area contributed by atoms with Gasteiger partial charge in [0.05, 0.1) is 17.8 Å². The van der Waals surface area contributed by atoms with Crippen molar-refractivity contribution in [1.82, 2.24) is 9.78 Å². The maximum atomic E-state index is 5.21. The molecule has 1 fully saturated rings. The summed E-state index contributed by atoms with van der Waals surface area (Å²) in [6, 6.07) is 8.29. The minimum absolute atomic E-state index is 0.0651. The Morgan fingerprint density at radius 1 is 1.44 bits per heavy atom. The van der Waals surface area contributed by atoms with Crippen LogP contribution in [0.25, 0.3) is 10.9 Å². The highest BCUT2D eigenvalue weighted by atomic mass is 16.6. The molecule has 2 aromatic rings. The fourth-order valence-corrected chi connectivity index (χ4v) is 2.37. The zero-order valence-corrected chi connectivity index (χ0v) is 9.31. The van der Waals surface area contributed by atoms with E-state index in [1.54, 1.807) is 0 Å². The number of nitrogens with two attached hydrogens (primary N) is 1. The highest BCUT2D eigenvalue weighted by Crippen LogP contribution is 2.49. The van der Waals surface area contributed by atoms with Crippen LogP contribution in [0, 0.1) is 0 Å². The van der Waals surface area contributed by atoms with Crippen molar-refractivity contribution in [3.63, 3.8) is 0 Å². The van der Waals surface area contributed by atoms with Gasteiger partial charge >= 0.3 is 0 Å². The number of fused-ring (bicyclic) bond motifs is 1. The summed E-state index contributed by atoms with van der Waals surface area (Å²) in [4.78, 5) is 4.83.